The van der Waals surface area contributed by atoms with Crippen LogP contribution in [0.2, 0.25) is 0 Å². The first-order chi connectivity index (χ1) is 9.86. The number of ether oxygens (including phenoxy) is 1. The molecule has 100 valence electrons. The highest BCUT2D eigenvalue weighted by molar-refractivity contribution is 9.08. The molecule has 0 aliphatic heterocycles. The average molecular weight is 328 g/mol. The molecule has 0 aliphatic rings. The third-order valence-electron chi connectivity index (χ3n) is 3.16. The van der Waals surface area contributed by atoms with E-state index in [4.69, 9.17) is 4.74 Å². The van der Waals surface area contributed by atoms with Gasteiger partial charge in [0.2, 0.25) is 0 Å². The minimum atomic E-state index is 0.528. The van der Waals surface area contributed by atoms with Crippen molar-refractivity contribution in [3.8, 4) is 5.75 Å². The van der Waals surface area contributed by atoms with Crippen LogP contribution in [0.5, 0.6) is 5.75 Å². The number of fused-ring (bicyclic) bond motifs is 1. The largest absolute Gasteiger partial charge is 0.489 e. The fraction of sp³-hybridized carbons (Fsp3) is 0.118. The topological polar surface area (TPSA) is 22.1 Å². The van der Waals surface area contributed by atoms with Crippen molar-refractivity contribution in [2.24, 2.45) is 0 Å². The molecule has 3 rings (SSSR count). The second-order valence-electron chi connectivity index (χ2n) is 4.56. The average Bonchev–Trinajstić information content (AvgIpc) is 2.53. The summed E-state index contributed by atoms with van der Waals surface area (Å²) in [5, 5.41) is 1.97. The van der Waals surface area contributed by atoms with Gasteiger partial charge in [0.15, 0.2) is 0 Å². The number of benzene rings is 2. The van der Waals surface area contributed by atoms with Crippen molar-refractivity contribution in [3.63, 3.8) is 0 Å². The molecule has 20 heavy (non-hydrogen) atoms. The number of pyridine rings is 1. The lowest BCUT2D eigenvalue weighted by Crippen LogP contribution is -1.97. The standard InChI is InChI=1S/C17H14BrNO/c18-11-13-4-1-8-16(10-13)20-12-15-6-2-5-14-7-3-9-19-17(14)15/h1-10H,11-12H2. The quantitative estimate of drug-likeness (QED) is 0.647. The normalized spacial score (nSPS) is 10.7. The zero-order valence-electron chi connectivity index (χ0n) is 10.9. The van der Waals surface area contributed by atoms with E-state index >= 15 is 0 Å². The molecule has 0 radical (unpaired) electrons. The van der Waals surface area contributed by atoms with E-state index in [0.29, 0.717) is 6.61 Å². The Hall–Kier alpha value is -1.87. The van der Waals surface area contributed by atoms with Crippen LogP contribution < -0.4 is 4.74 Å². The first-order valence-corrected chi connectivity index (χ1v) is 7.59. The lowest BCUT2D eigenvalue weighted by atomic mass is 10.1. The van der Waals surface area contributed by atoms with Gasteiger partial charge in [-0.25, -0.2) is 0 Å². The highest BCUT2D eigenvalue weighted by atomic mass is 79.9. The summed E-state index contributed by atoms with van der Waals surface area (Å²) >= 11 is 3.45. The molecule has 0 unspecified atom stereocenters. The SMILES string of the molecule is BrCc1cccc(OCc2cccc3cccnc23)c1. The Bertz CT molecular complexity index is 722. The van der Waals surface area contributed by atoms with Crippen LogP contribution in [-0.4, -0.2) is 4.98 Å². The van der Waals surface area contributed by atoms with E-state index in [1.807, 2.05) is 36.5 Å². The molecule has 0 amide bonds. The van der Waals surface area contributed by atoms with E-state index in [9.17, 15) is 0 Å². The van der Waals surface area contributed by atoms with Crippen molar-refractivity contribution in [2.45, 2.75) is 11.9 Å². The van der Waals surface area contributed by atoms with E-state index in [1.165, 1.54) is 5.56 Å². The van der Waals surface area contributed by atoms with E-state index in [1.54, 1.807) is 0 Å². The highest BCUT2D eigenvalue weighted by Crippen LogP contribution is 2.20. The van der Waals surface area contributed by atoms with E-state index in [0.717, 1.165) is 27.5 Å². The van der Waals surface area contributed by atoms with Crippen LogP contribution in [0.1, 0.15) is 11.1 Å². The smallest absolute Gasteiger partial charge is 0.120 e. The molecule has 0 N–H and O–H groups in total. The zero-order chi connectivity index (χ0) is 13.8. The molecule has 2 aromatic carbocycles. The van der Waals surface area contributed by atoms with Gasteiger partial charge in [0.25, 0.3) is 0 Å². The molecular weight excluding hydrogens is 314 g/mol. The third-order valence-corrected chi connectivity index (χ3v) is 3.81. The fourth-order valence-corrected chi connectivity index (χ4v) is 2.51. The molecule has 0 spiro atoms. The molecule has 0 atom stereocenters. The maximum Gasteiger partial charge on any atom is 0.120 e. The highest BCUT2D eigenvalue weighted by Gasteiger charge is 2.03. The molecule has 3 aromatic rings. The molecule has 0 aliphatic carbocycles. The lowest BCUT2D eigenvalue weighted by Gasteiger charge is -2.09. The van der Waals surface area contributed by atoms with Crippen LogP contribution in [0.25, 0.3) is 10.9 Å². The summed E-state index contributed by atoms with van der Waals surface area (Å²) in [7, 11) is 0. The van der Waals surface area contributed by atoms with Gasteiger partial charge in [0.05, 0.1) is 5.52 Å². The molecule has 0 saturated heterocycles. The van der Waals surface area contributed by atoms with Gasteiger partial charge in [-0.3, -0.25) is 4.98 Å². The van der Waals surface area contributed by atoms with E-state index < -0.39 is 0 Å². The molecular formula is C17H14BrNO. The number of halogens is 1. The second-order valence-corrected chi connectivity index (χ2v) is 5.12. The summed E-state index contributed by atoms with van der Waals surface area (Å²) in [4.78, 5) is 4.44. The number of rotatable bonds is 4. The molecule has 1 heterocycles. The summed E-state index contributed by atoms with van der Waals surface area (Å²) in [5.74, 6) is 0.884. The van der Waals surface area contributed by atoms with Gasteiger partial charge in [0.1, 0.15) is 12.4 Å². The van der Waals surface area contributed by atoms with Crippen molar-refractivity contribution >= 4 is 26.8 Å². The first kappa shape index (κ1) is 13.1. The van der Waals surface area contributed by atoms with Gasteiger partial charge >= 0.3 is 0 Å². The predicted octanol–water partition coefficient (Wildman–Crippen LogP) is 4.71. The minimum Gasteiger partial charge on any atom is -0.489 e. The van der Waals surface area contributed by atoms with Gasteiger partial charge in [0, 0.05) is 22.5 Å². The Labute approximate surface area is 126 Å². The van der Waals surface area contributed by atoms with Crippen LogP contribution in [-0.2, 0) is 11.9 Å². The lowest BCUT2D eigenvalue weighted by molar-refractivity contribution is 0.307. The Balaban J connectivity index is 1.83. The minimum absolute atomic E-state index is 0.528. The van der Waals surface area contributed by atoms with Crippen molar-refractivity contribution in [1.29, 1.82) is 0 Å². The Morgan fingerprint density at radius 3 is 2.75 bits per heavy atom. The molecule has 0 bridgehead atoms. The summed E-state index contributed by atoms with van der Waals surface area (Å²) in [6, 6.07) is 18.3. The molecule has 0 fully saturated rings. The van der Waals surface area contributed by atoms with Crippen molar-refractivity contribution in [1.82, 2.24) is 4.98 Å². The number of hydrogen-bond acceptors (Lipinski definition) is 2. The molecule has 1 aromatic heterocycles. The number of para-hydroxylation sites is 1. The predicted molar refractivity (Wildman–Crippen MR) is 85.1 cm³/mol. The van der Waals surface area contributed by atoms with Gasteiger partial charge in [-0.15, -0.1) is 0 Å². The van der Waals surface area contributed by atoms with Crippen LogP contribution >= 0.6 is 15.9 Å². The van der Waals surface area contributed by atoms with E-state index in [-0.39, 0.29) is 0 Å². The number of hydrogen-bond donors (Lipinski definition) is 0. The second kappa shape index (κ2) is 6.06. The van der Waals surface area contributed by atoms with Gasteiger partial charge < -0.3 is 4.74 Å². The Kier molecular flexibility index (Phi) is 3.97. The first-order valence-electron chi connectivity index (χ1n) is 6.47. The summed E-state index contributed by atoms with van der Waals surface area (Å²) in [5.41, 5.74) is 3.32. The van der Waals surface area contributed by atoms with Gasteiger partial charge in [-0.2, -0.15) is 0 Å². The van der Waals surface area contributed by atoms with Crippen molar-refractivity contribution < 1.29 is 4.74 Å². The van der Waals surface area contributed by atoms with Crippen molar-refractivity contribution in [3.05, 3.63) is 71.9 Å². The fourth-order valence-electron chi connectivity index (χ4n) is 2.16. The maximum absolute atomic E-state index is 5.88. The Morgan fingerprint density at radius 1 is 1.00 bits per heavy atom. The summed E-state index contributed by atoms with van der Waals surface area (Å²) < 4.78 is 5.88. The van der Waals surface area contributed by atoms with Gasteiger partial charge in [-0.1, -0.05) is 52.3 Å². The maximum atomic E-state index is 5.88. The number of aromatic nitrogens is 1. The molecule has 3 heteroatoms. The van der Waals surface area contributed by atoms with Crippen LogP contribution in [0.4, 0.5) is 0 Å². The van der Waals surface area contributed by atoms with Crippen LogP contribution in [0.15, 0.2) is 60.8 Å². The summed E-state index contributed by atoms with van der Waals surface area (Å²) in [6.45, 7) is 0.528. The zero-order valence-corrected chi connectivity index (χ0v) is 12.5. The van der Waals surface area contributed by atoms with E-state index in [2.05, 4.69) is 45.2 Å². The monoisotopic (exact) mass is 327 g/mol. The summed E-state index contributed by atoms with van der Waals surface area (Å²) in [6.07, 6.45) is 1.82. The number of alkyl halides is 1. The van der Waals surface area contributed by atoms with Gasteiger partial charge in [-0.05, 0) is 23.8 Å². The third kappa shape index (κ3) is 2.83. The Morgan fingerprint density at radius 2 is 1.85 bits per heavy atom. The molecule has 2 nitrogen and oxygen atoms in total. The van der Waals surface area contributed by atoms with Crippen LogP contribution in [0.3, 0.4) is 0 Å². The van der Waals surface area contributed by atoms with Crippen molar-refractivity contribution in [2.75, 3.05) is 0 Å². The van der Waals surface area contributed by atoms with Crippen LogP contribution in [0, 0.1) is 0 Å². The molecule has 0 saturated carbocycles. The number of nitrogens with zero attached hydrogens (tertiary/aromatic N) is 1.